The normalized spacial score (nSPS) is 12.4. The molecule has 0 unspecified atom stereocenters. The average molecular weight is 839 g/mol. The predicted octanol–water partition coefficient (Wildman–Crippen LogP) is 13.8. The molecule has 0 saturated carbocycles. The van der Waals surface area contributed by atoms with Gasteiger partial charge in [0, 0.05) is 0 Å². The standard InChI is InChI=1S/3C12H17N.HI.Re/c3*1-8(2)10-6-5-7-11(9(3)4)12(10)13;;/h3*5-9H,1-4H3;1H;/q;;;;+1/p-1. The van der Waals surface area contributed by atoms with Crippen molar-refractivity contribution in [3.05, 3.63) is 88.0 Å². The van der Waals surface area contributed by atoms with Crippen molar-refractivity contribution in [3.63, 3.8) is 0 Å². The van der Waals surface area contributed by atoms with Crippen LogP contribution in [-0.2, 0) is 11.4 Å². The van der Waals surface area contributed by atoms with Gasteiger partial charge in [0.2, 0.25) is 0 Å². The Balaban J connectivity index is 2.70. The van der Waals surface area contributed by atoms with Gasteiger partial charge in [0.05, 0.1) is 0 Å². The Hall–Kier alpha value is -1.55. The molecule has 0 fully saturated rings. The quantitative estimate of drug-likeness (QED) is 0.193. The van der Waals surface area contributed by atoms with Crippen LogP contribution in [0.1, 0.15) is 152 Å². The molecule has 0 N–H and O–H groups in total. The predicted molar refractivity (Wildman–Crippen MR) is 184 cm³/mol. The molecule has 41 heavy (non-hydrogen) atoms. The molecule has 224 valence electrons. The zero-order valence-corrected chi connectivity index (χ0v) is 32.1. The second kappa shape index (κ2) is 14.3. The van der Waals surface area contributed by atoms with Gasteiger partial charge >= 0.3 is 265 Å². The molecule has 0 aromatic heterocycles. The first-order valence-electron chi connectivity index (χ1n) is 15.2. The maximum absolute atomic E-state index is 5.78. The Labute approximate surface area is 263 Å². The Morgan fingerprint density at radius 3 is 0.707 bits per heavy atom. The van der Waals surface area contributed by atoms with E-state index in [-0.39, 0.29) is 0 Å². The van der Waals surface area contributed by atoms with Crippen LogP contribution >= 0.6 is 19.5 Å². The topological polar surface area (TPSA) is 37.1 Å². The van der Waals surface area contributed by atoms with Crippen LogP contribution in [0.2, 0.25) is 0 Å². The molecular formula is C36H51IN3Re. The van der Waals surface area contributed by atoms with Crippen LogP contribution in [0.5, 0.6) is 0 Å². The molecule has 0 amide bonds. The third kappa shape index (κ3) is 8.09. The van der Waals surface area contributed by atoms with Crippen molar-refractivity contribution in [1.82, 2.24) is 0 Å². The summed E-state index contributed by atoms with van der Waals surface area (Å²) in [6, 6.07) is 20.1. The van der Waals surface area contributed by atoms with Crippen molar-refractivity contribution >= 4 is 36.6 Å². The van der Waals surface area contributed by atoms with E-state index in [1.807, 2.05) is 0 Å². The second-order valence-electron chi connectivity index (χ2n) is 13.0. The van der Waals surface area contributed by atoms with Gasteiger partial charge in [-0.1, -0.05) is 0 Å². The van der Waals surface area contributed by atoms with Crippen molar-refractivity contribution in [3.8, 4) is 0 Å². The maximum atomic E-state index is 5.78. The molecule has 0 heterocycles. The van der Waals surface area contributed by atoms with Crippen molar-refractivity contribution < 1.29 is 11.4 Å². The molecule has 0 atom stereocenters. The van der Waals surface area contributed by atoms with Crippen LogP contribution in [0, 0.1) is 0 Å². The van der Waals surface area contributed by atoms with Crippen LogP contribution in [0.15, 0.2) is 65.3 Å². The third-order valence-corrected chi connectivity index (χ3v) is 16.2. The van der Waals surface area contributed by atoms with Gasteiger partial charge in [-0.3, -0.25) is 0 Å². The van der Waals surface area contributed by atoms with E-state index in [9.17, 15) is 0 Å². The van der Waals surface area contributed by atoms with E-state index in [1.165, 1.54) is 33.4 Å². The SMILES string of the molecule is CC(C)c1cccc(C(C)C)c1[N]=[Re]([I])(=[N]c1c(C(C)C)cccc1C(C)C)=[N]c1c(C(C)C)cccc1C(C)C. The van der Waals surface area contributed by atoms with Crippen molar-refractivity contribution in [1.29, 1.82) is 0 Å². The van der Waals surface area contributed by atoms with Crippen LogP contribution in [-0.4, -0.2) is 0 Å². The van der Waals surface area contributed by atoms with Gasteiger partial charge in [0.25, 0.3) is 0 Å². The fraction of sp³-hybridized carbons (Fsp3) is 0.500. The number of halogens is 1. The van der Waals surface area contributed by atoms with Gasteiger partial charge in [-0.25, -0.2) is 0 Å². The van der Waals surface area contributed by atoms with Gasteiger partial charge in [-0.15, -0.1) is 0 Å². The Bertz CT molecular complexity index is 1300. The molecule has 0 bridgehead atoms. The Morgan fingerprint density at radius 2 is 0.561 bits per heavy atom. The molecule has 0 aliphatic rings. The first-order valence-corrected chi connectivity index (χ1v) is 26.6. The first-order chi connectivity index (χ1) is 19.2. The molecule has 0 aliphatic heterocycles. The molecule has 0 radical (unpaired) electrons. The fourth-order valence-electron chi connectivity index (χ4n) is 5.21. The summed E-state index contributed by atoms with van der Waals surface area (Å²) in [7, 11) is 0. The summed E-state index contributed by atoms with van der Waals surface area (Å²) in [6.45, 7) is 27.2. The van der Waals surface area contributed by atoms with Gasteiger partial charge in [-0.2, -0.15) is 0 Å². The minimum absolute atomic E-state index is 0.362. The van der Waals surface area contributed by atoms with E-state index in [0.29, 0.717) is 35.5 Å². The summed E-state index contributed by atoms with van der Waals surface area (Å²) in [6.07, 6.45) is 0. The Morgan fingerprint density at radius 1 is 0.390 bits per heavy atom. The van der Waals surface area contributed by atoms with E-state index in [4.69, 9.17) is 10.7 Å². The molecule has 0 saturated heterocycles. The van der Waals surface area contributed by atoms with Crippen LogP contribution in [0.3, 0.4) is 0 Å². The number of rotatable bonds is 9. The number of nitrogens with zero attached hydrogens (tertiary/aromatic N) is 3. The van der Waals surface area contributed by atoms with E-state index in [1.54, 1.807) is 0 Å². The van der Waals surface area contributed by atoms with Crippen molar-refractivity contribution in [2.75, 3.05) is 0 Å². The molecule has 3 aromatic rings. The zero-order valence-electron chi connectivity index (χ0n) is 27.3. The van der Waals surface area contributed by atoms with Crippen LogP contribution < -0.4 is 0 Å². The Kier molecular flexibility index (Phi) is 11.8. The van der Waals surface area contributed by atoms with E-state index in [2.05, 4.69) is 157 Å². The van der Waals surface area contributed by atoms with Gasteiger partial charge in [0.15, 0.2) is 0 Å². The fourth-order valence-corrected chi connectivity index (χ4v) is 14.5. The summed E-state index contributed by atoms with van der Waals surface area (Å²) in [4.78, 5) is 0. The average Bonchev–Trinajstić information content (AvgIpc) is 2.87. The summed E-state index contributed by atoms with van der Waals surface area (Å²) >= 11 is -1.36. The van der Waals surface area contributed by atoms with Crippen molar-refractivity contribution in [2.45, 2.75) is 119 Å². The number of benzene rings is 3. The molecular weight excluding hydrogens is 788 g/mol. The number of hydrogen-bond donors (Lipinski definition) is 0. The van der Waals surface area contributed by atoms with Gasteiger partial charge in [-0.05, 0) is 0 Å². The van der Waals surface area contributed by atoms with E-state index in [0.717, 1.165) is 17.1 Å². The van der Waals surface area contributed by atoms with Gasteiger partial charge in [0.1, 0.15) is 0 Å². The monoisotopic (exact) mass is 839 g/mol. The van der Waals surface area contributed by atoms with Crippen molar-refractivity contribution in [2.24, 2.45) is 10.7 Å². The molecule has 3 aromatic carbocycles. The first kappa shape index (κ1) is 33.9. The second-order valence-corrected chi connectivity index (χ2v) is 26.7. The van der Waals surface area contributed by atoms with Crippen LogP contribution in [0.4, 0.5) is 17.1 Å². The molecule has 0 aliphatic carbocycles. The zero-order chi connectivity index (χ0) is 30.6. The molecule has 0 spiro atoms. The third-order valence-electron chi connectivity index (χ3n) is 7.60. The summed E-state index contributed by atoms with van der Waals surface area (Å²) in [5, 5.41) is 0. The van der Waals surface area contributed by atoms with E-state index < -0.39 is 11.4 Å². The minimum atomic E-state index is -3.99. The summed E-state index contributed by atoms with van der Waals surface area (Å²) < 4.78 is 17.3. The molecule has 5 heteroatoms. The molecule has 3 nitrogen and oxygen atoms in total. The number of hydrogen-bond acceptors (Lipinski definition) is 3. The summed E-state index contributed by atoms with van der Waals surface area (Å²) in [5.41, 5.74) is 11.1. The van der Waals surface area contributed by atoms with Gasteiger partial charge < -0.3 is 0 Å². The van der Waals surface area contributed by atoms with Crippen LogP contribution in [0.25, 0.3) is 0 Å². The summed E-state index contributed by atoms with van der Waals surface area (Å²) in [5.74, 6) is 2.17. The van der Waals surface area contributed by atoms with E-state index >= 15 is 0 Å². The molecule has 3 rings (SSSR count).